The predicted molar refractivity (Wildman–Crippen MR) is 107 cm³/mol. The van der Waals surface area contributed by atoms with Crippen molar-refractivity contribution in [2.24, 2.45) is 0 Å². The van der Waals surface area contributed by atoms with Crippen LogP contribution in [-0.2, 0) is 18.5 Å². The average Bonchev–Trinajstić information content (AvgIpc) is 3.40. The van der Waals surface area contributed by atoms with Gasteiger partial charge in [0.15, 0.2) is 0 Å². The minimum absolute atomic E-state index is 0.0222. The van der Waals surface area contributed by atoms with E-state index in [1.807, 2.05) is 12.4 Å². The van der Waals surface area contributed by atoms with Crippen molar-refractivity contribution >= 4 is 0 Å². The lowest BCUT2D eigenvalue weighted by Gasteiger charge is -2.34. The molecule has 1 saturated heterocycles. The first-order valence-corrected chi connectivity index (χ1v) is 10.3. The van der Waals surface area contributed by atoms with Gasteiger partial charge >= 0.3 is 0 Å². The second kappa shape index (κ2) is 7.75. The third kappa shape index (κ3) is 4.50. The fourth-order valence-electron chi connectivity index (χ4n) is 3.65. The summed E-state index contributed by atoms with van der Waals surface area (Å²) < 4.78 is 3.86. The van der Waals surface area contributed by atoms with Crippen molar-refractivity contribution < 1.29 is 0 Å². The van der Waals surface area contributed by atoms with Crippen LogP contribution in [0, 0.1) is 0 Å². The Kier molecular flexibility index (Phi) is 5.33. The lowest BCUT2D eigenvalue weighted by atomic mass is 9.92. The highest BCUT2D eigenvalue weighted by Gasteiger charge is 2.27. The first kappa shape index (κ1) is 19.3. The largest absolute Gasteiger partial charge is 0.313 e. The number of rotatable bonds is 6. The summed E-state index contributed by atoms with van der Waals surface area (Å²) >= 11 is 0. The van der Waals surface area contributed by atoms with Crippen LogP contribution in [0.2, 0.25) is 0 Å². The Labute approximate surface area is 166 Å². The van der Waals surface area contributed by atoms with E-state index in [4.69, 9.17) is 0 Å². The van der Waals surface area contributed by atoms with Crippen LogP contribution in [0.25, 0.3) is 0 Å². The quantitative estimate of drug-likeness (QED) is 0.746. The molecule has 1 saturated carbocycles. The molecule has 1 aliphatic carbocycles. The molecule has 1 aliphatic heterocycles. The number of hydrogen-bond acceptors (Lipinski definition) is 6. The molecule has 2 aromatic rings. The van der Waals surface area contributed by atoms with E-state index in [0.717, 1.165) is 50.8 Å². The van der Waals surface area contributed by atoms with Crippen LogP contribution in [-0.4, -0.2) is 67.1 Å². The first-order valence-electron chi connectivity index (χ1n) is 10.3. The molecule has 0 bridgehead atoms. The van der Waals surface area contributed by atoms with Gasteiger partial charge in [0.25, 0.3) is 5.56 Å². The zero-order chi connectivity index (χ0) is 19.7. The van der Waals surface area contributed by atoms with E-state index in [-0.39, 0.29) is 11.0 Å². The van der Waals surface area contributed by atoms with Crippen LogP contribution in [0.5, 0.6) is 0 Å². The summed E-state index contributed by atoms with van der Waals surface area (Å²) in [5, 5.41) is 13.0. The van der Waals surface area contributed by atoms with Crippen molar-refractivity contribution in [2.75, 3.05) is 32.7 Å². The predicted octanol–water partition coefficient (Wildman–Crippen LogP) is 1.29. The number of nitrogens with zero attached hydrogens (tertiary/aromatic N) is 7. The van der Waals surface area contributed by atoms with Gasteiger partial charge < -0.3 is 4.57 Å². The maximum Gasteiger partial charge on any atom is 0.266 e. The molecule has 0 amide bonds. The Hall–Kier alpha value is -2.06. The van der Waals surface area contributed by atoms with Crippen LogP contribution in [0.3, 0.4) is 0 Å². The Morgan fingerprint density at radius 2 is 1.75 bits per heavy atom. The number of hydrogen-bond donors (Lipinski definition) is 0. The molecule has 28 heavy (non-hydrogen) atoms. The van der Waals surface area contributed by atoms with Gasteiger partial charge in [-0.2, -0.15) is 5.10 Å². The summed E-state index contributed by atoms with van der Waals surface area (Å²) in [5.74, 6) is 1.09. The molecular weight excluding hydrogens is 354 g/mol. The Morgan fingerprint density at radius 3 is 2.43 bits per heavy atom. The zero-order valence-electron chi connectivity index (χ0n) is 17.2. The topological polar surface area (TPSA) is 72.1 Å². The van der Waals surface area contributed by atoms with Gasteiger partial charge in [-0.05, 0) is 18.9 Å². The van der Waals surface area contributed by atoms with Gasteiger partial charge in [0.05, 0.1) is 18.8 Å². The fourth-order valence-corrected chi connectivity index (χ4v) is 3.65. The Morgan fingerprint density at radius 1 is 1.04 bits per heavy atom. The van der Waals surface area contributed by atoms with E-state index in [0.29, 0.717) is 12.6 Å². The van der Waals surface area contributed by atoms with E-state index < -0.39 is 0 Å². The monoisotopic (exact) mass is 385 g/mol. The highest BCUT2D eigenvalue weighted by molar-refractivity contribution is 5.10. The van der Waals surface area contributed by atoms with Gasteiger partial charge in [-0.3, -0.25) is 14.6 Å². The van der Waals surface area contributed by atoms with Crippen LogP contribution < -0.4 is 5.56 Å². The van der Waals surface area contributed by atoms with Crippen molar-refractivity contribution in [1.82, 2.24) is 34.3 Å². The summed E-state index contributed by atoms with van der Waals surface area (Å²) in [4.78, 5) is 17.0. The fraction of sp³-hybridized carbons (Fsp3) is 0.700. The van der Waals surface area contributed by atoms with Crippen LogP contribution in [0.1, 0.15) is 51.2 Å². The molecule has 0 atom stereocenters. The summed E-state index contributed by atoms with van der Waals surface area (Å²) in [7, 11) is 0. The van der Waals surface area contributed by atoms with Gasteiger partial charge in [-0.25, -0.2) is 4.68 Å². The Balaban J connectivity index is 1.28. The van der Waals surface area contributed by atoms with Crippen molar-refractivity contribution in [3.8, 4) is 0 Å². The number of aromatic nitrogens is 5. The summed E-state index contributed by atoms with van der Waals surface area (Å²) in [6, 6.07) is 4.11. The molecule has 0 N–H and O–H groups in total. The van der Waals surface area contributed by atoms with Gasteiger partial charge in [-0.15, -0.1) is 10.2 Å². The highest BCUT2D eigenvalue weighted by atomic mass is 16.1. The smallest absolute Gasteiger partial charge is 0.266 e. The van der Waals surface area contributed by atoms with Crippen LogP contribution in [0.4, 0.5) is 0 Å². The molecule has 8 heteroatoms. The van der Waals surface area contributed by atoms with Crippen molar-refractivity contribution in [3.63, 3.8) is 0 Å². The standard InChI is InChI=1S/C20H31N7O/c1-20(2,3)17-6-7-19(28)27(23-17)13-12-24-8-10-25(11-9-24)14-18-22-21-15-26(18)16-4-5-16/h6-7,15-16H,4-5,8-14H2,1-3H3. The van der Waals surface area contributed by atoms with E-state index >= 15 is 0 Å². The molecule has 8 nitrogen and oxygen atoms in total. The normalized spacial score (nSPS) is 19.2. The van der Waals surface area contributed by atoms with Crippen molar-refractivity contribution in [1.29, 1.82) is 0 Å². The summed E-state index contributed by atoms with van der Waals surface area (Å²) in [6.07, 6.45) is 4.38. The first-order chi connectivity index (χ1) is 13.4. The van der Waals surface area contributed by atoms with Crippen LogP contribution >= 0.6 is 0 Å². The molecule has 4 rings (SSSR count). The van der Waals surface area contributed by atoms with Crippen molar-refractivity contribution in [2.45, 2.75) is 58.2 Å². The SMILES string of the molecule is CC(C)(C)c1ccc(=O)n(CCN2CCN(Cc3nncn3C3CC3)CC2)n1. The van der Waals surface area contributed by atoms with E-state index in [2.05, 4.69) is 50.4 Å². The van der Waals surface area contributed by atoms with E-state index in [1.165, 1.54) is 12.8 Å². The average molecular weight is 386 g/mol. The molecule has 0 aromatic carbocycles. The molecule has 152 valence electrons. The molecule has 0 radical (unpaired) electrons. The van der Waals surface area contributed by atoms with Gasteiger partial charge in [0, 0.05) is 50.2 Å². The summed E-state index contributed by atoms with van der Waals surface area (Å²) in [5.41, 5.74) is 0.880. The maximum atomic E-state index is 12.2. The molecule has 2 aliphatic rings. The lowest BCUT2D eigenvalue weighted by Crippen LogP contribution is -2.47. The Bertz CT molecular complexity index is 854. The summed E-state index contributed by atoms with van der Waals surface area (Å²) in [6.45, 7) is 12.8. The second-order valence-corrected chi connectivity index (χ2v) is 9.03. The highest BCUT2D eigenvalue weighted by Crippen LogP contribution is 2.35. The third-order valence-electron chi connectivity index (χ3n) is 5.68. The zero-order valence-corrected chi connectivity index (χ0v) is 17.2. The maximum absolute atomic E-state index is 12.2. The molecule has 0 unspecified atom stereocenters. The van der Waals surface area contributed by atoms with E-state index in [9.17, 15) is 4.79 Å². The van der Waals surface area contributed by atoms with Crippen LogP contribution in [0.15, 0.2) is 23.3 Å². The molecule has 2 aromatic heterocycles. The molecule has 3 heterocycles. The van der Waals surface area contributed by atoms with Gasteiger partial charge in [0.1, 0.15) is 12.2 Å². The van der Waals surface area contributed by atoms with Gasteiger partial charge in [0.2, 0.25) is 0 Å². The number of piperazine rings is 1. The second-order valence-electron chi connectivity index (χ2n) is 9.03. The van der Waals surface area contributed by atoms with E-state index in [1.54, 1.807) is 10.7 Å². The third-order valence-corrected chi connectivity index (χ3v) is 5.68. The molecule has 0 spiro atoms. The van der Waals surface area contributed by atoms with Gasteiger partial charge in [-0.1, -0.05) is 20.8 Å². The lowest BCUT2D eigenvalue weighted by molar-refractivity contribution is 0.119. The minimum atomic E-state index is -0.0535. The molecular formula is C20H31N7O. The molecule has 2 fully saturated rings. The van der Waals surface area contributed by atoms with Crippen molar-refractivity contribution in [3.05, 3.63) is 40.3 Å². The minimum Gasteiger partial charge on any atom is -0.313 e.